The van der Waals surface area contributed by atoms with Crippen molar-refractivity contribution in [3.05, 3.63) is 60.2 Å². The lowest BCUT2D eigenvalue weighted by molar-refractivity contribution is -0.0907. The molecule has 0 aromatic heterocycles. The molecule has 13 nitrogen and oxygen atoms in total. The Morgan fingerprint density at radius 3 is 2.47 bits per heavy atom. The average Bonchev–Trinajstić information content (AvgIpc) is 3.61. The third kappa shape index (κ3) is 11.1. The number of aliphatic hydroxyl groups excluding tert-OH is 1. The summed E-state index contributed by atoms with van der Waals surface area (Å²) in [5.41, 5.74) is 6.52. The number of ether oxygens (including phenoxy) is 3. The van der Waals surface area contributed by atoms with Gasteiger partial charge >= 0.3 is 6.09 Å². The first kappa shape index (κ1) is 37.0. The van der Waals surface area contributed by atoms with Gasteiger partial charge in [-0.15, -0.1) is 0 Å². The predicted octanol–water partition coefficient (Wildman–Crippen LogP) is 2.47. The Morgan fingerprint density at radius 1 is 1.09 bits per heavy atom. The summed E-state index contributed by atoms with van der Waals surface area (Å²) < 4.78 is 71.5. The number of sulfonamides is 2. The maximum Gasteiger partial charge on any atom is 0.407 e. The van der Waals surface area contributed by atoms with E-state index in [1.54, 1.807) is 0 Å². The number of carbonyl (C=O) groups excluding carboxylic acids is 1. The Morgan fingerprint density at radius 2 is 1.79 bits per heavy atom. The number of aliphatic hydroxyl groups is 1. The first-order valence-electron chi connectivity index (χ1n) is 15.9. The maximum absolute atomic E-state index is 14.0. The van der Waals surface area contributed by atoms with Gasteiger partial charge in [-0.2, -0.15) is 4.31 Å². The molecule has 2 aliphatic heterocycles. The fourth-order valence-corrected chi connectivity index (χ4v) is 8.10. The molecule has 0 saturated carbocycles. The van der Waals surface area contributed by atoms with Gasteiger partial charge in [0, 0.05) is 25.3 Å². The van der Waals surface area contributed by atoms with Crippen molar-refractivity contribution in [3.63, 3.8) is 0 Å². The molecule has 0 unspecified atom stereocenters. The normalized spacial score (nSPS) is 21.3. The van der Waals surface area contributed by atoms with Gasteiger partial charge in [-0.05, 0) is 60.9 Å². The first-order chi connectivity index (χ1) is 22.1. The van der Waals surface area contributed by atoms with E-state index in [0.29, 0.717) is 38.0 Å². The molecule has 2 fully saturated rings. The molecule has 15 heteroatoms. The fourth-order valence-electron chi connectivity index (χ4n) is 5.94. The molecule has 2 aromatic rings. The molecule has 0 spiro atoms. The van der Waals surface area contributed by atoms with Crippen LogP contribution in [0, 0.1) is 11.3 Å². The Hall–Kier alpha value is -2.79. The van der Waals surface area contributed by atoms with Gasteiger partial charge in [-0.3, -0.25) is 0 Å². The second-order valence-electron chi connectivity index (χ2n) is 13.1. The summed E-state index contributed by atoms with van der Waals surface area (Å²) in [7, 11) is -7.41. The summed E-state index contributed by atoms with van der Waals surface area (Å²) in [6, 6.07) is 14.2. The lowest BCUT2D eigenvalue weighted by Gasteiger charge is -2.35. The summed E-state index contributed by atoms with van der Waals surface area (Å²) in [5.74, 6) is -0.0665. The predicted molar refractivity (Wildman–Crippen MR) is 177 cm³/mol. The lowest BCUT2D eigenvalue weighted by Crippen LogP contribution is -2.52. The van der Waals surface area contributed by atoms with E-state index >= 15 is 0 Å². The van der Waals surface area contributed by atoms with Crippen LogP contribution in [0.5, 0.6) is 0 Å². The number of rotatable bonds is 17. The average molecular weight is 697 g/mol. The van der Waals surface area contributed by atoms with E-state index in [4.69, 9.17) is 19.9 Å². The number of hydrogen-bond acceptors (Lipinski definition) is 10. The van der Waals surface area contributed by atoms with Crippen molar-refractivity contribution >= 4 is 31.8 Å². The van der Waals surface area contributed by atoms with Crippen molar-refractivity contribution in [2.24, 2.45) is 11.3 Å². The van der Waals surface area contributed by atoms with E-state index in [9.17, 15) is 26.7 Å². The summed E-state index contributed by atoms with van der Waals surface area (Å²) in [5, 5.41) is 14.5. The second kappa shape index (κ2) is 16.1. The molecule has 5 atom stereocenters. The molecule has 47 heavy (non-hydrogen) atoms. The summed E-state index contributed by atoms with van der Waals surface area (Å²) >= 11 is 0. The van der Waals surface area contributed by atoms with Crippen LogP contribution in [-0.4, -0.2) is 96.0 Å². The zero-order valence-corrected chi connectivity index (χ0v) is 28.8. The van der Waals surface area contributed by atoms with Crippen molar-refractivity contribution in [1.82, 2.24) is 14.3 Å². The summed E-state index contributed by atoms with van der Waals surface area (Å²) in [6.45, 7) is 4.62. The fraction of sp³-hybridized carbons (Fsp3) is 0.594. The standard InChI is InChI=1S/C32H48N4O9S2/c1-32(2,16-7-8-17-34-46(3,39)40)22-36(47(41,42)25-13-11-24(33)12-14-25)20-28(37)27(19-23-9-5-4-6-10-23)35-31(38)45-29-21-44-30-26(29)15-18-43-30/h4-6,9-14,26-30,34,37H,7-8,15-22,33H2,1-3H3,(H,35,38)/t26-,27+,28-,29-,30+/m1/s1. The second-order valence-corrected chi connectivity index (χ2v) is 16.9. The number of nitrogen functional groups attached to an aromatic ring is 1. The quantitative estimate of drug-likeness (QED) is 0.141. The Balaban J connectivity index is 1.52. The molecule has 2 saturated heterocycles. The number of amides is 1. The van der Waals surface area contributed by atoms with Crippen molar-refractivity contribution in [2.45, 2.75) is 75.4 Å². The summed E-state index contributed by atoms with van der Waals surface area (Å²) in [4.78, 5) is 13.2. The van der Waals surface area contributed by atoms with Gasteiger partial charge in [-0.1, -0.05) is 50.6 Å². The minimum absolute atomic E-state index is 0.0219. The number of nitrogens with two attached hydrogens (primary N) is 1. The minimum atomic E-state index is -4.11. The number of unbranched alkanes of at least 4 members (excludes halogenated alkanes) is 1. The number of anilines is 1. The zero-order chi connectivity index (χ0) is 34.2. The van der Waals surface area contributed by atoms with E-state index in [2.05, 4.69) is 10.0 Å². The molecule has 5 N–H and O–H groups in total. The van der Waals surface area contributed by atoms with Crippen molar-refractivity contribution in [2.75, 3.05) is 44.8 Å². The summed E-state index contributed by atoms with van der Waals surface area (Å²) in [6.07, 6.45) is 0.911. The Labute approximate surface area is 278 Å². The van der Waals surface area contributed by atoms with Gasteiger partial charge in [0.2, 0.25) is 20.0 Å². The largest absolute Gasteiger partial charge is 0.443 e. The van der Waals surface area contributed by atoms with Crippen LogP contribution in [0.15, 0.2) is 59.5 Å². The van der Waals surface area contributed by atoms with Crippen LogP contribution in [0.25, 0.3) is 0 Å². The number of fused-ring (bicyclic) bond motifs is 1. The van der Waals surface area contributed by atoms with Gasteiger partial charge in [-0.25, -0.2) is 26.4 Å². The third-order valence-corrected chi connectivity index (χ3v) is 11.0. The number of hydrogen-bond donors (Lipinski definition) is 4. The van der Waals surface area contributed by atoms with E-state index in [0.717, 1.165) is 11.8 Å². The number of nitrogens with zero attached hydrogens (tertiary/aromatic N) is 1. The van der Waals surface area contributed by atoms with E-state index in [1.807, 2.05) is 44.2 Å². The van der Waals surface area contributed by atoms with Crippen LogP contribution in [0.4, 0.5) is 10.5 Å². The molecule has 0 aliphatic carbocycles. The molecular weight excluding hydrogens is 649 g/mol. The van der Waals surface area contributed by atoms with Crippen molar-refractivity contribution in [3.8, 4) is 0 Å². The SMILES string of the molecule is CC(C)(CCCCNS(C)(=O)=O)CN(C[C@@H](O)[C@H](Cc1ccccc1)NC(=O)O[C@@H]1CO[C@@H]2OCC[C@@H]21)S(=O)(=O)c1ccc(N)cc1. The number of alkyl carbamates (subject to hydrolysis) is 1. The monoisotopic (exact) mass is 696 g/mol. The van der Waals surface area contributed by atoms with Gasteiger partial charge in [0.1, 0.15) is 6.10 Å². The van der Waals surface area contributed by atoms with Gasteiger partial charge in [0.15, 0.2) is 6.29 Å². The number of benzene rings is 2. The van der Waals surface area contributed by atoms with Gasteiger partial charge < -0.3 is 30.4 Å². The molecule has 2 aliphatic rings. The topological polar surface area (TPSA) is 187 Å². The van der Waals surface area contributed by atoms with Crippen LogP contribution in [-0.2, 0) is 40.7 Å². The van der Waals surface area contributed by atoms with E-state index < -0.39 is 56.1 Å². The molecule has 262 valence electrons. The number of carbonyl (C=O) groups is 1. The zero-order valence-electron chi connectivity index (χ0n) is 27.2. The maximum atomic E-state index is 14.0. The highest BCUT2D eigenvalue weighted by molar-refractivity contribution is 7.89. The van der Waals surface area contributed by atoms with Gasteiger partial charge in [0.25, 0.3) is 0 Å². The van der Waals surface area contributed by atoms with Gasteiger partial charge in [0.05, 0.1) is 42.4 Å². The molecule has 0 radical (unpaired) electrons. The molecule has 0 bridgehead atoms. The van der Waals surface area contributed by atoms with Crippen molar-refractivity contribution in [1.29, 1.82) is 0 Å². The highest BCUT2D eigenvalue weighted by Gasteiger charge is 2.44. The number of nitrogens with one attached hydrogen (secondary N) is 2. The van der Waals surface area contributed by atoms with Crippen LogP contribution < -0.4 is 15.8 Å². The smallest absolute Gasteiger partial charge is 0.407 e. The minimum Gasteiger partial charge on any atom is -0.443 e. The Kier molecular flexibility index (Phi) is 12.7. The molecular formula is C32H48N4O9S2. The Bertz CT molecular complexity index is 1520. The highest BCUT2D eigenvalue weighted by Crippen LogP contribution is 2.33. The van der Waals surface area contributed by atoms with Crippen LogP contribution in [0.3, 0.4) is 0 Å². The molecule has 2 heterocycles. The van der Waals surface area contributed by atoms with E-state index in [1.165, 1.54) is 28.6 Å². The first-order valence-corrected chi connectivity index (χ1v) is 19.2. The van der Waals surface area contributed by atoms with E-state index in [-0.39, 0.29) is 43.5 Å². The highest BCUT2D eigenvalue weighted by atomic mass is 32.2. The molecule has 1 amide bonds. The molecule has 2 aromatic carbocycles. The van der Waals surface area contributed by atoms with Crippen LogP contribution in [0.2, 0.25) is 0 Å². The van der Waals surface area contributed by atoms with Crippen LogP contribution >= 0.6 is 0 Å². The molecule has 4 rings (SSSR count). The lowest BCUT2D eigenvalue weighted by atomic mass is 9.87. The third-order valence-electron chi connectivity index (χ3n) is 8.47. The van der Waals surface area contributed by atoms with Crippen molar-refractivity contribution < 1.29 is 40.9 Å². The van der Waals surface area contributed by atoms with Crippen LogP contribution in [0.1, 0.15) is 45.1 Å².